The van der Waals surface area contributed by atoms with Crippen LogP contribution in [-0.2, 0) is 16.1 Å². The monoisotopic (exact) mass is 525 g/mol. The lowest BCUT2D eigenvalue weighted by Gasteiger charge is -2.41. The Bertz CT molecular complexity index is 1220. The van der Waals surface area contributed by atoms with E-state index in [1.165, 1.54) is 60.2 Å². The number of nitrogens with one attached hydrogen (secondary N) is 1. The van der Waals surface area contributed by atoms with Crippen LogP contribution in [0.4, 0.5) is 11.4 Å². The molecule has 5 rings (SSSR count). The Morgan fingerprint density at radius 3 is 2.23 bits per heavy atom. The number of nitrogens with zero attached hydrogens (tertiary/aromatic N) is 2. The van der Waals surface area contributed by atoms with Gasteiger partial charge in [-0.3, -0.25) is 9.69 Å². The molecule has 2 aliphatic rings. The number of anilines is 2. The third-order valence-electron chi connectivity index (χ3n) is 8.03. The number of carbonyl (C=O) groups excluding carboxylic acids is 2. The highest BCUT2D eigenvalue weighted by atomic mass is 16.2. The molecule has 0 bridgehead atoms. The number of likely N-dealkylation sites (tertiary alicyclic amines) is 1. The van der Waals surface area contributed by atoms with Gasteiger partial charge in [-0.1, -0.05) is 67.8 Å². The van der Waals surface area contributed by atoms with E-state index in [2.05, 4.69) is 90.8 Å². The fourth-order valence-corrected chi connectivity index (χ4v) is 6.11. The van der Waals surface area contributed by atoms with Gasteiger partial charge in [-0.15, -0.1) is 0 Å². The Kier molecular flexibility index (Phi) is 9.94. The van der Waals surface area contributed by atoms with E-state index in [-0.39, 0.29) is 18.0 Å². The Labute approximate surface area is 234 Å². The maximum atomic E-state index is 12.8. The third-order valence-corrected chi connectivity index (χ3v) is 8.03. The normalized spacial score (nSPS) is 19.0. The van der Waals surface area contributed by atoms with Crippen LogP contribution >= 0.6 is 0 Å². The van der Waals surface area contributed by atoms with Crippen molar-refractivity contribution in [1.82, 2.24) is 4.90 Å². The minimum Gasteiger partial charge on any atom is -0.378 e. The van der Waals surface area contributed by atoms with E-state index in [4.69, 9.17) is 4.79 Å². The van der Waals surface area contributed by atoms with Crippen LogP contribution in [-0.4, -0.2) is 36.7 Å². The van der Waals surface area contributed by atoms with Crippen molar-refractivity contribution >= 4 is 24.1 Å². The molecule has 206 valence electrons. The number of aryl methyl sites for hydroxylation is 1. The van der Waals surface area contributed by atoms with Crippen LogP contribution in [0.5, 0.6) is 0 Å². The number of piperidine rings is 1. The van der Waals surface area contributed by atoms with Gasteiger partial charge in [0, 0.05) is 30.9 Å². The highest BCUT2D eigenvalue weighted by Gasteiger charge is 2.34. The SMILES string of the molecule is C=O.CCCC1CC(Nc2ccc(C)cc2)c2cc(-c3ccc(CN4CCCCC4)cc3)ccc2N1C(C)=O. The van der Waals surface area contributed by atoms with Gasteiger partial charge in [-0.2, -0.15) is 0 Å². The summed E-state index contributed by atoms with van der Waals surface area (Å²) in [4.78, 5) is 25.4. The number of hydrogen-bond donors (Lipinski definition) is 1. The summed E-state index contributed by atoms with van der Waals surface area (Å²) in [7, 11) is 0. The summed E-state index contributed by atoms with van der Waals surface area (Å²) in [6.07, 6.45) is 6.98. The second kappa shape index (κ2) is 13.6. The van der Waals surface area contributed by atoms with Gasteiger partial charge in [0.25, 0.3) is 0 Å². The standard InChI is InChI=1S/C33H41N3O.CH2O/c1-4-8-30-22-32(34-29-16-9-24(2)10-17-29)31-21-28(15-18-33(31)36(30)25(3)37)27-13-11-26(12-14-27)23-35-19-6-5-7-20-35;1-2/h9-18,21,30,32,34H,4-8,19-20,22-23H2,1-3H3;1H2. The van der Waals surface area contributed by atoms with Crippen molar-refractivity contribution in [3.63, 3.8) is 0 Å². The maximum absolute atomic E-state index is 12.8. The van der Waals surface area contributed by atoms with Crippen molar-refractivity contribution in [2.75, 3.05) is 23.3 Å². The van der Waals surface area contributed by atoms with E-state index < -0.39 is 0 Å². The smallest absolute Gasteiger partial charge is 0.224 e. The van der Waals surface area contributed by atoms with Crippen LogP contribution in [0.15, 0.2) is 66.7 Å². The maximum Gasteiger partial charge on any atom is 0.224 e. The average molecular weight is 526 g/mol. The summed E-state index contributed by atoms with van der Waals surface area (Å²) in [5, 5.41) is 3.80. The van der Waals surface area contributed by atoms with Crippen LogP contribution in [0.25, 0.3) is 11.1 Å². The third kappa shape index (κ3) is 6.96. The summed E-state index contributed by atoms with van der Waals surface area (Å²) < 4.78 is 0. The van der Waals surface area contributed by atoms with Crippen molar-refractivity contribution in [1.29, 1.82) is 0 Å². The van der Waals surface area contributed by atoms with Crippen LogP contribution in [0.3, 0.4) is 0 Å². The molecule has 0 aliphatic carbocycles. The van der Waals surface area contributed by atoms with Crippen molar-refractivity contribution in [3.05, 3.63) is 83.4 Å². The zero-order valence-electron chi connectivity index (χ0n) is 23.8. The molecular weight excluding hydrogens is 482 g/mol. The molecule has 1 amide bonds. The van der Waals surface area contributed by atoms with Gasteiger partial charge in [-0.25, -0.2) is 0 Å². The molecule has 0 spiro atoms. The lowest BCUT2D eigenvalue weighted by molar-refractivity contribution is -0.117. The number of benzene rings is 3. The first-order valence-corrected chi connectivity index (χ1v) is 14.4. The summed E-state index contributed by atoms with van der Waals surface area (Å²) in [6, 6.07) is 24.7. The van der Waals surface area contributed by atoms with E-state index in [1.54, 1.807) is 6.92 Å². The van der Waals surface area contributed by atoms with Crippen LogP contribution in [0, 0.1) is 6.92 Å². The first kappa shape index (κ1) is 28.6. The molecule has 5 heteroatoms. The molecule has 3 aromatic carbocycles. The molecule has 0 aromatic heterocycles. The second-order valence-corrected chi connectivity index (χ2v) is 10.9. The Morgan fingerprint density at radius 2 is 1.59 bits per heavy atom. The van der Waals surface area contributed by atoms with E-state index in [9.17, 15) is 4.79 Å². The second-order valence-electron chi connectivity index (χ2n) is 10.9. The first-order chi connectivity index (χ1) is 19.0. The average Bonchev–Trinajstić information content (AvgIpc) is 2.96. The summed E-state index contributed by atoms with van der Waals surface area (Å²) in [5.41, 5.74) is 8.45. The number of carbonyl (C=O) groups is 2. The quantitative estimate of drug-likeness (QED) is 0.346. The van der Waals surface area contributed by atoms with Crippen molar-refractivity contribution in [2.45, 2.75) is 77.9 Å². The zero-order valence-corrected chi connectivity index (χ0v) is 23.8. The lowest BCUT2D eigenvalue weighted by atomic mass is 9.86. The van der Waals surface area contributed by atoms with Crippen LogP contribution in [0.2, 0.25) is 0 Å². The Hall–Kier alpha value is -3.44. The van der Waals surface area contributed by atoms with E-state index in [0.29, 0.717) is 0 Å². The Balaban J connectivity index is 0.00000172. The lowest BCUT2D eigenvalue weighted by Crippen LogP contribution is -2.44. The van der Waals surface area contributed by atoms with E-state index in [0.717, 1.165) is 37.2 Å². The van der Waals surface area contributed by atoms with E-state index >= 15 is 0 Å². The van der Waals surface area contributed by atoms with Crippen LogP contribution in [0.1, 0.15) is 75.1 Å². The van der Waals surface area contributed by atoms with Gasteiger partial charge in [-0.05, 0) is 92.2 Å². The van der Waals surface area contributed by atoms with E-state index in [1.807, 2.05) is 11.7 Å². The molecule has 3 aromatic rings. The fraction of sp³-hybridized carbons (Fsp3) is 0.412. The van der Waals surface area contributed by atoms with Crippen molar-refractivity contribution < 1.29 is 9.59 Å². The molecule has 5 nitrogen and oxygen atoms in total. The molecule has 0 radical (unpaired) electrons. The highest BCUT2D eigenvalue weighted by molar-refractivity contribution is 5.94. The van der Waals surface area contributed by atoms with Gasteiger partial charge in [0.05, 0.1) is 6.04 Å². The topological polar surface area (TPSA) is 52.7 Å². The molecule has 2 heterocycles. The number of rotatable bonds is 7. The molecule has 2 aliphatic heterocycles. The van der Waals surface area contributed by atoms with Gasteiger partial charge in [0.1, 0.15) is 6.79 Å². The molecule has 2 atom stereocenters. The van der Waals surface area contributed by atoms with Gasteiger partial charge in [0.15, 0.2) is 0 Å². The largest absolute Gasteiger partial charge is 0.378 e. The minimum atomic E-state index is 0.128. The fourth-order valence-electron chi connectivity index (χ4n) is 6.11. The molecule has 39 heavy (non-hydrogen) atoms. The molecule has 2 unspecified atom stereocenters. The predicted molar refractivity (Wildman–Crippen MR) is 162 cm³/mol. The van der Waals surface area contributed by atoms with Crippen LogP contribution < -0.4 is 10.2 Å². The Morgan fingerprint density at radius 1 is 0.923 bits per heavy atom. The van der Waals surface area contributed by atoms with Gasteiger partial charge < -0.3 is 15.0 Å². The van der Waals surface area contributed by atoms with Gasteiger partial charge in [0.2, 0.25) is 5.91 Å². The molecule has 1 saturated heterocycles. The highest BCUT2D eigenvalue weighted by Crippen LogP contribution is 2.42. The van der Waals surface area contributed by atoms with Crippen molar-refractivity contribution in [2.24, 2.45) is 0 Å². The summed E-state index contributed by atoms with van der Waals surface area (Å²) >= 11 is 0. The number of fused-ring (bicyclic) bond motifs is 1. The molecule has 0 saturated carbocycles. The summed E-state index contributed by atoms with van der Waals surface area (Å²) in [6.45, 7) is 11.5. The molecule has 1 fully saturated rings. The number of amides is 1. The minimum absolute atomic E-state index is 0.128. The molecular formula is C34H43N3O2. The zero-order chi connectivity index (χ0) is 27.8. The molecule has 1 N–H and O–H groups in total. The first-order valence-electron chi connectivity index (χ1n) is 14.4. The number of hydrogen-bond acceptors (Lipinski definition) is 4. The van der Waals surface area contributed by atoms with Gasteiger partial charge >= 0.3 is 0 Å². The van der Waals surface area contributed by atoms with Crippen molar-refractivity contribution in [3.8, 4) is 11.1 Å². The summed E-state index contributed by atoms with van der Waals surface area (Å²) in [5.74, 6) is 0.128. The predicted octanol–water partition coefficient (Wildman–Crippen LogP) is 7.54.